The van der Waals surface area contributed by atoms with Crippen molar-refractivity contribution in [2.45, 2.75) is 77.3 Å². The number of nitrogens with one attached hydrogen (secondary N) is 1. The molecule has 0 bridgehead atoms. The molecule has 3 fully saturated rings. The number of likely N-dealkylation sites (tertiary alicyclic amines) is 2. The Hall–Kier alpha value is -6.56. The lowest BCUT2D eigenvalue weighted by atomic mass is 9.91. The first-order valence-electron chi connectivity index (χ1n) is 23.4. The number of urea groups is 1. The van der Waals surface area contributed by atoms with E-state index in [4.69, 9.17) is 14.6 Å². The van der Waals surface area contributed by atoms with Crippen molar-refractivity contribution in [2.24, 2.45) is 5.92 Å². The van der Waals surface area contributed by atoms with E-state index in [9.17, 15) is 19.2 Å². The van der Waals surface area contributed by atoms with Gasteiger partial charge in [-0.2, -0.15) is 5.10 Å². The first-order chi connectivity index (χ1) is 32.5. The molecule has 16 nitrogen and oxygen atoms in total. The van der Waals surface area contributed by atoms with Gasteiger partial charge < -0.3 is 33.5 Å². The van der Waals surface area contributed by atoms with Crippen LogP contribution in [0.1, 0.15) is 90.7 Å². The van der Waals surface area contributed by atoms with Crippen LogP contribution in [0.5, 0.6) is 11.5 Å². The van der Waals surface area contributed by atoms with Crippen molar-refractivity contribution >= 4 is 46.6 Å². The van der Waals surface area contributed by atoms with Crippen LogP contribution in [0.4, 0.5) is 30.8 Å². The summed E-state index contributed by atoms with van der Waals surface area (Å²) in [5, 5.41) is 7.71. The minimum atomic E-state index is -2.75. The Bertz CT molecular complexity index is 2740. The van der Waals surface area contributed by atoms with Gasteiger partial charge in [0.15, 0.2) is 5.82 Å². The van der Waals surface area contributed by atoms with E-state index in [2.05, 4.69) is 24.8 Å². The van der Waals surface area contributed by atoms with Crippen LogP contribution in [0.15, 0.2) is 55.0 Å². The third-order valence-electron chi connectivity index (χ3n) is 14.5. The van der Waals surface area contributed by atoms with Gasteiger partial charge in [0.05, 0.1) is 38.7 Å². The number of aromatic nitrogens is 4. The molecule has 0 spiro atoms. The maximum absolute atomic E-state index is 15.2. The van der Waals surface area contributed by atoms with Crippen molar-refractivity contribution in [2.75, 3.05) is 76.4 Å². The zero-order valence-electron chi connectivity index (χ0n) is 38.2. The van der Waals surface area contributed by atoms with E-state index >= 15 is 8.78 Å². The summed E-state index contributed by atoms with van der Waals surface area (Å²) in [6.07, 6.45) is 8.43. The molecule has 5 amide bonds. The van der Waals surface area contributed by atoms with E-state index in [1.807, 2.05) is 20.3 Å². The molecule has 3 aromatic heterocycles. The highest BCUT2D eigenvalue weighted by Gasteiger charge is 2.36. The zero-order chi connectivity index (χ0) is 46.5. The molecule has 0 unspecified atom stereocenters. The minimum Gasteiger partial charge on any atom is -0.495 e. The highest BCUT2D eigenvalue weighted by atomic mass is 19.3. The molecule has 0 aliphatic carbocycles. The lowest BCUT2D eigenvalue weighted by Gasteiger charge is -2.38. The van der Waals surface area contributed by atoms with E-state index in [0.717, 1.165) is 86.5 Å². The number of carbonyl (C=O) groups excluding carboxylic acids is 4. The summed E-state index contributed by atoms with van der Waals surface area (Å²) >= 11 is 0. The molecule has 18 heteroatoms. The summed E-state index contributed by atoms with van der Waals surface area (Å²) in [5.74, 6) is 1.69. The molecule has 67 heavy (non-hydrogen) atoms. The minimum absolute atomic E-state index is 0.00206. The molecule has 3 saturated heterocycles. The Kier molecular flexibility index (Phi) is 12.1. The second-order valence-corrected chi connectivity index (χ2v) is 18.4. The van der Waals surface area contributed by atoms with Crippen molar-refractivity contribution in [3.8, 4) is 22.6 Å². The van der Waals surface area contributed by atoms with Crippen LogP contribution in [0.3, 0.4) is 0 Å². The maximum atomic E-state index is 15.2. The Morgan fingerprint density at radius 3 is 2.36 bits per heavy atom. The summed E-state index contributed by atoms with van der Waals surface area (Å²) in [4.78, 5) is 65.1. The Labute approximate surface area is 387 Å². The van der Waals surface area contributed by atoms with Crippen LogP contribution < -0.4 is 24.6 Å². The van der Waals surface area contributed by atoms with Gasteiger partial charge in [-0.3, -0.25) is 29.3 Å². The fraction of sp³-hybridized carbons (Fsp3) is 0.469. The number of carbonyl (C=O) groups is 4. The second kappa shape index (κ2) is 18.3. The number of pyridine rings is 1. The number of piperidine rings is 2. The van der Waals surface area contributed by atoms with Gasteiger partial charge in [0, 0.05) is 118 Å². The van der Waals surface area contributed by atoms with E-state index < -0.39 is 12.5 Å². The zero-order valence-corrected chi connectivity index (χ0v) is 38.2. The number of aryl methyl sites for hydroxylation is 1. The third kappa shape index (κ3) is 8.44. The van der Waals surface area contributed by atoms with Crippen molar-refractivity contribution in [3.63, 3.8) is 0 Å². The molecule has 5 aliphatic heterocycles. The number of fused-ring (bicyclic) bond motifs is 3. The highest BCUT2D eigenvalue weighted by molar-refractivity contribution is 6.07. The van der Waals surface area contributed by atoms with Crippen molar-refractivity contribution in [3.05, 3.63) is 82.9 Å². The predicted octanol–water partition coefficient (Wildman–Crippen LogP) is 6.78. The number of anilines is 3. The quantitative estimate of drug-likeness (QED) is 0.159. The molecule has 2 aromatic carbocycles. The number of halogens is 2. The van der Waals surface area contributed by atoms with Crippen molar-refractivity contribution in [1.82, 2.24) is 39.2 Å². The van der Waals surface area contributed by atoms with Gasteiger partial charge in [-0.1, -0.05) is 0 Å². The molecule has 1 N–H and O–H groups in total. The van der Waals surface area contributed by atoms with E-state index in [1.54, 1.807) is 63.0 Å². The topological polar surface area (TPSA) is 150 Å². The van der Waals surface area contributed by atoms with Gasteiger partial charge in [0.2, 0.25) is 11.8 Å². The number of alkyl halides is 2. The van der Waals surface area contributed by atoms with E-state index in [1.165, 1.54) is 12.0 Å². The number of nitrogens with zero attached hydrogens (tertiary/aromatic N) is 9. The van der Waals surface area contributed by atoms with Gasteiger partial charge in [-0.15, -0.1) is 0 Å². The lowest BCUT2D eigenvalue weighted by molar-refractivity contribution is -0.129. The van der Waals surface area contributed by atoms with Gasteiger partial charge in [0.25, 0.3) is 12.3 Å². The average molecular weight is 919 g/mol. The maximum Gasteiger partial charge on any atom is 0.328 e. The van der Waals surface area contributed by atoms with Crippen LogP contribution >= 0.6 is 0 Å². The van der Waals surface area contributed by atoms with Crippen molar-refractivity contribution in [1.29, 1.82) is 0 Å². The summed E-state index contributed by atoms with van der Waals surface area (Å²) < 4.78 is 45.6. The monoisotopic (exact) mass is 918 g/mol. The molecule has 352 valence electrons. The molecule has 0 atom stereocenters. The molecule has 8 heterocycles. The van der Waals surface area contributed by atoms with Gasteiger partial charge in [-0.25, -0.2) is 18.6 Å². The normalized spacial score (nSPS) is 18.7. The Morgan fingerprint density at radius 1 is 0.836 bits per heavy atom. The Balaban J connectivity index is 0.832. The number of imidazole rings is 1. The molecule has 10 rings (SSSR count). The van der Waals surface area contributed by atoms with Crippen LogP contribution in [0.2, 0.25) is 0 Å². The number of rotatable bonds is 10. The number of hydrogen-bond donors (Lipinski definition) is 1. The Morgan fingerprint density at radius 2 is 1.63 bits per heavy atom. The summed E-state index contributed by atoms with van der Waals surface area (Å²) in [5.41, 5.74) is 6.26. The molecule has 0 radical (unpaired) electrons. The average Bonchev–Trinajstić information content (AvgIpc) is 3.97. The smallest absolute Gasteiger partial charge is 0.328 e. The summed E-state index contributed by atoms with van der Waals surface area (Å²) in [6, 6.07) is 10.0. The summed E-state index contributed by atoms with van der Waals surface area (Å²) in [6.45, 7) is 7.45. The number of hydrogen-bond acceptors (Lipinski definition) is 10. The van der Waals surface area contributed by atoms with Crippen LogP contribution in [-0.4, -0.2) is 124 Å². The number of amides is 5. The lowest BCUT2D eigenvalue weighted by Crippen LogP contribution is -2.49. The van der Waals surface area contributed by atoms with Crippen molar-refractivity contribution < 1.29 is 37.4 Å². The van der Waals surface area contributed by atoms with Gasteiger partial charge >= 0.3 is 6.03 Å². The molecular formula is C49H56F2N10O6. The van der Waals surface area contributed by atoms with E-state index in [-0.39, 0.29) is 42.3 Å². The van der Waals surface area contributed by atoms with E-state index in [0.29, 0.717) is 84.6 Å². The number of imide groups is 1. The SMILES string of the molecule is COc1cn2ccnc2cc1-c1cc2c(cc1C(F)F)N(c1nn(C3CCN(CC4CCN(C(=O)c5ccc(OC)c(N6CCC(=O)NC6=O)c5)CC4)CC3)c3c1CN(C(C)=O)CC3)CCC2. The molecule has 5 aromatic rings. The van der Waals surface area contributed by atoms with Gasteiger partial charge in [0.1, 0.15) is 17.1 Å². The first kappa shape index (κ1) is 44.3. The largest absolute Gasteiger partial charge is 0.495 e. The molecule has 0 saturated carbocycles. The number of methoxy groups -OCH3 is 2. The second-order valence-electron chi connectivity index (χ2n) is 18.4. The number of ether oxygens (including phenoxy) is 2. The van der Waals surface area contributed by atoms with Crippen LogP contribution in [0, 0.1) is 5.92 Å². The third-order valence-corrected chi connectivity index (χ3v) is 14.5. The number of benzene rings is 2. The fourth-order valence-corrected chi connectivity index (χ4v) is 10.9. The van der Waals surface area contributed by atoms with Crippen LogP contribution in [0.25, 0.3) is 16.8 Å². The van der Waals surface area contributed by atoms with Gasteiger partial charge in [-0.05, 0) is 92.0 Å². The first-order valence-corrected chi connectivity index (χ1v) is 23.4. The fourth-order valence-electron chi connectivity index (χ4n) is 10.9. The predicted molar refractivity (Wildman–Crippen MR) is 246 cm³/mol. The van der Waals surface area contributed by atoms with Crippen LogP contribution in [-0.2, 0) is 29.0 Å². The molecule has 5 aliphatic rings. The highest BCUT2D eigenvalue weighted by Crippen LogP contribution is 2.45. The molecular weight excluding hydrogens is 863 g/mol. The summed E-state index contributed by atoms with van der Waals surface area (Å²) in [7, 11) is 3.05. The standard InChI is InChI=1S/C49H56F2N10O6/c1-30(62)57-20-12-39-38(28-57)47(59-15-4-5-32-23-35(37(46(50)51)25-40(32)59)36-26-44-52-14-22-58(44)29-43(36)67-3)54-61(39)34-10-16-55(17-11-34)27-31-8-18-56(19-9-31)48(64)33-6-7-42(66-2)41(24-33)60-21-13-45(63)53-49(60)65/h6-7,14,22-26,29,31,34,46H,4-5,8-13,15-21,27-28H2,1-3H3,(H,53,63,65).